The zero-order chi connectivity index (χ0) is 19.3. The monoisotopic (exact) mass is 390 g/mol. The molecule has 4 aromatic rings. The van der Waals surface area contributed by atoms with Crippen molar-refractivity contribution in [3.8, 4) is 17.1 Å². The molecule has 0 aliphatic rings. The Morgan fingerprint density at radius 3 is 2.43 bits per heavy atom. The minimum absolute atomic E-state index is 0.0974. The number of hydrogen-bond donors (Lipinski definition) is 1. The minimum atomic E-state index is -0.0974. The molecule has 0 unspecified atom stereocenters. The first-order valence-electron chi connectivity index (χ1n) is 8.75. The molecule has 28 heavy (non-hydrogen) atoms. The Balaban J connectivity index is 1.60. The molecule has 0 bridgehead atoms. The highest BCUT2D eigenvalue weighted by atomic mass is 32.2. The van der Waals surface area contributed by atoms with Gasteiger partial charge in [-0.2, -0.15) is 0 Å². The summed E-state index contributed by atoms with van der Waals surface area (Å²) in [5.41, 5.74) is 2.57. The van der Waals surface area contributed by atoms with Gasteiger partial charge in [0, 0.05) is 11.4 Å². The van der Waals surface area contributed by atoms with Crippen molar-refractivity contribution >= 4 is 23.4 Å². The van der Waals surface area contributed by atoms with Crippen LogP contribution in [0.2, 0.25) is 0 Å². The number of furan rings is 1. The molecule has 0 radical (unpaired) electrons. The molecule has 0 aliphatic carbocycles. The quantitative estimate of drug-likeness (QED) is 0.488. The second-order valence-electron chi connectivity index (χ2n) is 6.07. The number of para-hydroxylation sites is 2. The fourth-order valence-corrected chi connectivity index (χ4v) is 3.57. The van der Waals surface area contributed by atoms with Gasteiger partial charge in [-0.05, 0) is 37.3 Å². The predicted octanol–water partition coefficient (Wildman–Crippen LogP) is 4.57. The van der Waals surface area contributed by atoms with Crippen molar-refractivity contribution in [2.45, 2.75) is 12.1 Å². The standard InChI is InChI=1S/C21H18N4O2S/c1-15-18(12-13-27-15)20-23-24-21(25(20)17-10-6-3-7-11-17)28-14-19(26)22-16-8-4-2-5-9-16/h2-13H,14H2,1H3,(H,22,26). The second kappa shape index (κ2) is 8.14. The smallest absolute Gasteiger partial charge is 0.234 e. The number of nitrogens with one attached hydrogen (secondary N) is 1. The van der Waals surface area contributed by atoms with E-state index in [2.05, 4.69) is 15.5 Å². The largest absolute Gasteiger partial charge is 0.469 e. The van der Waals surface area contributed by atoms with E-state index in [9.17, 15) is 4.79 Å². The lowest BCUT2D eigenvalue weighted by atomic mass is 10.2. The normalized spacial score (nSPS) is 10.8. The van der Waals surface area contributed by atoms with E-state index >= 15 is 0 Å². The maximum Gasteiger partial charge on any atom is 0.234 e. The Kier molecular flexibility index (Phi) is 5.25. The van der Waals surface area contributed by atoms with Gasteiger partial charge >= 0.3 is 0 Å². The van der Waals surface area contributed by atoms with Crippen molar-refractivity contribution in [2.75, 3.05) is 11.1 Å². The van der Waals surface area contributed by atoms with Crippen LogP contribution in [0.15, 0.2) is 82.6 Å². The van der Waals surface area contributed by atoms with Crippen molar-refractivity contribution < 1.29 is 9.21 Å². The number of rotatable bonds is 6. The highest BCUT2D eigenvalue weighted by molar-refractivity contribution is 7.99. The summed E-state index contributed by atoms with van der Waals surface area (Å²) < 4.78 is 7.37. The van der Waals surface area contributed by atoms with Crippen LogP contribution >= 0.6 is 11.8 Å². The molecule has 0 fully saturated rings. The lowest BCUT2D eigenvalue weighted by Gasteiger charge is -2.10. The Morgan fingerprint density at radius 2 is 1.75 bits per heavy atom. The van der Waals surface area contributed by atoms with Crippen LogP contribution in [0.3, 0.4) is 0 Å². The van der Waals surface area contributed by atoms with E-state index in [0.29, 0.717) is 11.0 Å². The van der Waals surface area contributed by atoms with Gasteiger partial charge in [-0.15, -0.1) is 10.2 Å². The number of carbonyl (C=O) groups is 1. The zero-order valence-corrected chi connectivity index (χ0v) is 16.0. The van der Waals surface area contributed by atoms with Gasteiger partial charge in [0.1, 0.15) is 5.76 Å². The van der Waals surface area contributed by atoms with Crippen LogP contribution in [-0.4, -0.2) is 26.4 Å². The third kappa shape index (κ3) is 3.84. The van der Waals surface area contributed by atoms with Gasteiger partial charge in [-0.25, -0.2) is 0 Å². The molecule has 0 spiro atoms. The van der Waals surface area contributed by atoms with Gasteiger partial charge in [0.15, 0.2) is 11.0 Å². The fraction of sp³-hybridized carbons (Fsp3) is 0.0952. The predicted molar refractivity (Wildman–Crippen MR) is 110 cm³/mol. The molecule has 4 rings (SSSR count). The zero-order valence-electron chi connectivity index (χ0n) is 15.2. The Labute approximate surface area is 166 Å². The van der Waals surface area contributed by atoms with Crippen molar-refractivity contribution in [3.63, 3.8) is 0 Å². The Bertz CT molecular complexity index is 1070. The summed E-state index contributed by atoms with van der Waals surface area (Å²) in [6.07, 6.45) is 1.63. The van der Waals surface area contributed by atoms with E-state index in [0.717, 1.165) is 22.7 Å². The molecular weight excluding hydrogens is 372 g/mol. The summed E-state index contributed by atoms with van der Waals surface area (Å²) in [7, 11) is 0. The van der Waals surface area contributed by atoms with Gasteiger partial charge in [0.05, 0.1) is 17.6 Å². The number of nitrogens with zero attached hydrogens (tertiary/aromatic N) is 3. The second-order valence-corrected chi connectivity index (χ2v) is 7.01. The van der Waals surface area contributed by atoms with E-state index in [-0.39, 0.29) is 11.7 Å². The molecule has 7 heteroatoms. The van der Waals surface area contributed by atoms with Crippen molar-refractivity contribution in [1.29, 1.82) is 0 Å². The highest BCUT2D eigenvalue weighted by Gasteiger charge is 2.19. The number of thioether (sulfide) groups is 1. The summed E-state index contributed by atoms with van der Waals surface area (Å²) in [4.78, 5) is 12.3. The number of benzene rings is 2. The average molecular weight is 390 g/mol. The molecule has 0 saturated carbocycles. The number of aryl methyl sites for hydroxylation is 1. The summed E-state index contributed by atoms with van der Waals surface area (Å²) >= 11 is 1.34. The minimum Gasteiger partial charge on any atom is -0.469 e. The molecule has 0 saturated heterocycles. The first-order chi connectivity index (χ1) is 13.7. The average Bonchev–Trinajstić information content (AvgIpc) is 3.33. The molecule has 2 aromatic carbocycles. The third-order valence-corrected chi connectivity index (χ3v) is 5.07. The van der Waals surface area contributed by atoms with Gasteiger partial charge < -0.3 is 9.73 Å². The van der Waals surface area contributed by atoms with Crippen LogP contribution < -0.4 is 5.32 Å². The first-order valence-corrected chi connectivity index (χ1v) is 9.74. The summed E-state index contributed by atoms with van der Waals surface area (Å²) in [5.74, 6) is 1.58. The van der Waals surface area contributed by atoms with Crippen LogP contribution in [0.1, 0.15) is 5.76 Å². The number of hydrogen-bond acceptors (Lipinski definition) is 5. The SMILES string of the molecule is Cc1occc1-c1nnc(SCC(=O)Nc2ccccc2)n1-c1ccccc1. The third-order valence-electron chi connectivity index (χ3n) is 4.14. The van der Waals surface area contributed by atoms with Crippen molar-refractivity contribution in [2.24, 2.45) is 0 Å². The van der Waals surface area contributed by atoms with Crippen LogP contribution in [-0.2, 0) is 4.79 Å². The number of aromatic nitrogens is 3. The van der Waals surface area contributed by atoms with E-state index < -0.39 is 0 Å². The number of carbonyl (C=O) groups excluding carboxylic acids is 1. The first kappa shape index (κ1) is 18.1. The van der Waals surface area contributed by atoms with Crippen LogP contribution in [0.4, 0.5) is 5.69 Å². The van der Waals surface area contributed by atoms with E-state index in [1.165, 1.54) is 11.8 Å². The maximum atomic E-state index is 12.3. The van der Waals surface area contributed by atoms with Gasteiger partial charge in [-0.1, -0.05) is 48.2 Å². The lowest BCUT2D eigenvalue weighted by Crippen LogP contribution is -2.14. The molecule has 1 N–H and O–H groups in total. The van der Waals surface area contributed by atoms with Gasteiger partial charge in [-0.3, -0.25) is 9.36 Å². The van der Waals surface area contributed by atoms with Crippen LogP contribution in [0, 0.1) is 6.92 Å². The fourth-order valence-electron chi connectivity index (χ4n) is 2.81. The molecule has 140 valence electrons. The van der Waals surface area contributed by atoms with E-state index in [4.69, 9.17) is 4.42 Å². The molecule has 6 nitrogen and oxygen atoms in total. The topological polar surface area (TPSA) is 72.9 Å². The molecule has 0 aliphatic heterocycles. The molecule has 0 atom stereocenters. The summed E-state index contributed by atoms with van der Waals surface area (Å²) in [6.45, 7) is 1.89. The van der Waals surface area contributed by atoms with Gasteiger partial charge in [0.25, 0.3) is 0 Å². The molecule has 2 aromatic heterocycles. The maximum absolute atomic E-state index is 12.3. The Hall–Kier alpha value is -3.32. The van der Waals surface area contributed by atoms with Crippen molar-refractivity contribution in [3.05, 3.63) is 78.8 Å². The van der Waals surface area contributed by atoms with Gasteiger partial charge in [0.2, 0.25) is 5.91 Å². The van der Waals surface area contributed by atoms with E-state index in [1.54, 1.807) is 6.26 Å². The highest BCUT2D eigenvalue weighted by Crippen LogP contribution is 2.30. The lowest BCUT2D eigenvalue weighted by molar-refractivity contribution is -0.113. The van der Waals surface area contributed by atoms with Crippen LogP contribution in [0.5, 0.6) is 0 Å². The molecular formula is C21H18N4O2S. The van der Waals surface area contributed by atoms with Crippen LogP contribution in [0.25, 0.3) is 17.1 Å². The summed E-state index contributed by atoms with van der Waals surface area (Å²) in [5, 5.41) is 12.2. The summed E-state index contributed by atoms with van der Waals surface area (Å²) in [6, 6.07) is 21.1. The molecule has 2 heterocycles. The molecule has 1 amide bonds. The number of amides is 1. The van der Waals surface area contributed by atoms with E-state index in [1.807, 2.05) is 78.2 Å². The van der Waals surface area contributed by atoms with Crippen molar-refractivity contribution in [1.82, 2.24) is 14.8 Å². The number of anilines is 1. The Morgan fingerprint density at radius 1 is 1.04 bits per heavy atom.